The summed E-state index contributed by atoms with van der Waals surface area (Å²) in [6.07, 6.45) is 0. The number of hydrogen-bond donors (Lipinski definition) is 3. The first-order chi connectivity index (χ1) is 9.66. The molecule has 3 N–H and O–H groups in total. The van der Waals surface area contributed by atoms with E-state index < -0.39 is 16.2 Å². The van der Waals surface area contributed by atoms with E-state index >= 15 is 0 Å². The van der Waals surface area contributed by atoms with Gasteiger partial charge in [0.05, 0.1) is 17.8 Å². The lowest BCUT2D eigenvalue weighted by Gasteiger charge is -2.14. The summed E-state index contributed by atoms with van der Waals surface area (Å²) in [6, 6.07) is 2.35. The molecular weight excluding hydrogens is 320 g/mol. The Morgan fingerprint density at radius 3 is 2.52 bits per heavy atom. The number of rotatable bonds is 7. The van der Waals surface area contributed by atoms with E-state index in [0.717, 1.165) is 6.07 Å². The van der Waals surface area contributed by atoms with Crippen LogP contribution in [0.5, 0.6) is 5.75 Å². The summed E-state index contributed by atoms with van der Waals surface area (Å²) < 4.78 is 33.2. The van der Waals surface area contributed by atoms with Gasteiger partial charge in [0.15, 0.2) is 0 Å². The summed E-state index contributed by atoms with van der Waals surface area (Å²) in [5, 5.41) is 8.96. The van der Waals surface area contributed by atoms with Crippen molar-refractivity contribution in [3.63, 3.8) is 0 Å². The van der Waals surface area contributed by atoms with Gasteiger partial charge in [-0.15, -0.1) is 0 Å². The molecule has 0 aliphatic rings. The molecule has 21 heavy (non-hydrogen) atoms. The van der Waals surface area contributed by atoms with Crippen LogP contribution < -0.4 is 14.2 Å². The zero-order valence-corrected chi connectivity index (χ0v) is 13.4. The maximum absolute atomic E-state index is 11.8. The lowest BCUT2D eigenvalue weighted by molar-refractivity contribution is 0.0693. The lowest BCUT2D eigenvalue weighted by Crippen LogP contribution is -2.33. The molecule has 0 saturated heterocycles. The van der Waals surface area contributed by atoms with Gasteiger partial charge in [0, 0.05) is 12.6 Å². The first-order valence-electron chi connectivity index (χ1n) is 6.04. The van der Waals surface area contributed by atoms with Crippen LogP contribution in [0.25, 0.3) is 0 Å². The Morgan fingerprint density at radius 1 is 1.43 bits per heavy atom. The Morgan fingerprint density at radius 2 is 2.05 bits per heavy atom. The normalized spacial score (nSPS) is 11.5. The molecule has 0 bridgehead atoms. The Balaban J connectivity index is 3.06. The molecule has 0 atom stereocenters. The molecule has 0 radical (unpaired) electrons. The van der Waals surface area contributed by atoms with Crippen LogP contribution in [0.2, 0.25) is 5.02 Å². The SMILES string of the molecule is COc1cc(NS(=O)(=O)NCC(C)C)c(Cl)cc1C(=O)O. The third-order valence-electron chi connectivity index (χ3n) is 2.45. The second kappa shape index (κ2) is 6.97. The van der Waals surface area contributed by atoms with Gasteiger partial charge in [0.2, 0.25) is 0 Å². The van der Waals surface area contributed by atoms with Crippen molar-refractivity contribution in [1.82, 2.24) is 4.72 Å². The number of methoxy groups -OCH3 is 1. The summed E-state index contributed by atoms with van der Waals surface area (Å²) in [7, 11) is -2.51. The van der Waals surface area contributed by atoms with Crippen molar-refractivity contribution in [3.8, 4) is 5.75 Å². The second-order valence-corrected chi connectivity index (χ2v) is 6.59. The molecule has 7 nitrogen and oxygen atoms in total. The van der Waals surface area contributed by atoms with Crippen molar-refractivity contribution in [2.45, 2.75) is 13.8 Å². The van der Waals surface area contributed by atoms with Crippen molar-refractivity contribution >= 4 is 33.5 Å². The Hall–Kier alpha value is -1.51. The fourth-order valence-electron chi connectivity index (χ4n) is 1.42. The molecule has 0 fully saturated rings. The molecule has 1 aromatic carbocycles. The topological polar surface area (TPSA) is 105 Å². The van der Waals surface area contributed by atoms with E-state index in [-0.39, 0.29) is 34.5 Å². The van der Waals surface area contributed by atoms with Gasteiger partial charge >= 0.3 is 5.97 Å². The summed E-state index contributed by atoms with van der Waals surface area (Å²) in [5.41, 5.74) is -0.115. The van der Waals surface area contributed by atoms with Crippen LogP contribution in [0.3, 0.4) is 0 Å². The summed E-state index contributed by atoms with van der Waals surface area (Å²) in [4.78, 5) is 11.0. The average Bonchev–Trinajstić information content (AvgIpc) is 2.38. The maximum atomic E-state index is 11.8. The molecule has 118 valence electrons. The van der Waals surface area contributed by atoms with E-state index in [4.69, 9.17) is 21.4 Å². The first kappa shape index (κ1) is 17.5. The standard InChI is InChI=1S/C12H17ClN2O5S/c1-7(2)6-14-21(18,19)15-10-5-11(20-3)8(12(16)17)4-9(10)13/h4-5,7,14-15H,6H2,1-3H3,(H,16,17). The summed E-state index contributed by atoms with van der Waals surface area (Å²) in [5.74, 6) is -1.07. The summed E-state index contributed by atoms with van der Waals surface area (Å²) in [6.45, 7) is 3.98. The van der Waals surface area contributed by atoms with Gasteiger partial charge in [-0.1, -0.05) is 25.4 Å². The highest BCUT2D eigenvalue weighted by Crippen LogP contribution is 2.31. The highest BCUT2D eigenvalue weighted by molar-refractivity contribution is 7.90. The molecule has 0 aliphatic carbocycles. The number of ether oxygens (including phenoxy) is 1. The minimum Gasteiger partial charge on any atom is -0.496 e. The molecule has 0 aromatic heterocycles. The fraction of sp³-hybridized carbons (Fsp3) is 0.417. The van der Waals surface area contributed by atoms with Crippen molar-refractivity contribution < 1.29 is 23.1 Å². The smallest absolute Gasteiger partial charge is 0.339 e. The molecule has 0 heterocycles. The quantitative estimate of drug-likeness (QED) is 0.706. The van der Waals surface area contributed by atoms with Crippen LogP contribution in [0, 0.1) is 5.92 Å². The van der Waals surface area contributed by atoms with E-state index in [9.17, 15) is 13.2 Å². The molecule has 0 saturated carbocycles. The van der Waals surface area contributed by atoms with E-state index in [1.807, 2.05) is 13.8 Å². The number of benzene rings is 1. The molecule has 1 aromatic rings. The first-order valence-corrected chi connectivity index (χ1v) is 7.90. The van der Waals surface area contributed by atoms with Gasteiger partial charge in [0.1, 0.15) is 11.3 Å². The van der Waals surface area contributed by atoms with E-state index in [0.29, 0.717) is 0 Å². The number of nitrogens with one attached hydrogen (secondary N) is 2. The Bertz CT molecular complexity index is 631. The third kappa shape index (κ3) is 5.07. The number of carboxylic acid groups (broad SMARTS) is 1. The Kier molecular flexibility index (Phi) is 5.82. The zero-order valence-electron chi connectivity index (χ0n) is 11.8. The maximum Gasteiger partial charge on any atom is 0.339 e. The van der Waals surface area contributed by atoms with Gasteiger partial charge in [-0.25, -0.2) is 4.79 Å². The number of aromatic carboxylic acids is 1. The van der Waals surface area contributed by atoms with E-state index in [2.05, 4.69) is 9.44 Å². The molecule has 1 rings (SSSR count). The zero-order chi connectivity index (χ0) is 16.2. The molecule has 0 unspecified atom stereocenters. The van der Waals surface area contributed by atoms with Crippen molar-refractivity contribution in [1.29, 1.82) is 0 Å². The number of halogens is 1. The second-order valence-electron chi connectivity index (χ2n) is 4.69. The van der Waals surface area contributed by atoms with Gasteiger partial charge in [-0.05, 0) is 12.0 Å². The van der Waals surface area contributed by atoms with Crippen LogP contribution in [-0.4, -0.2) is 33.1 Å². The van der Waals surface area contributed by atoms with E-state index in [1.165, 1.54) is 13.2 Å². The predicted molar refractivity (Wildman–Crippen MR) is 80.3 cm³/mol. The molecular formula is C12H17ClN2O5S. The van der Waals surface area contributed by atoms with Crippen LogP contribution >= 0.6 is 11.6 Å². The average molecular weight is 337 g/mol. The molecule has 0 spiro atoms. The predicted octanol–water partition coefficient (Wildman–Crippen LogP) is 1.95. The number of carbonyl (C=O) groups is 1. The van der Waals surface area contributed by atoms with Crippen molar-refractivity contribution in [2.75, 3.05) is 18.4 Å². The van der Waals surface area contributed by atoms with Gasteiger partial charge < -0.3 is 9.84 Å². The van der Waals surface area contributed by atoms with Crippen LogP contribution in [0.1, 0.15) is 24.2 Å². The number of hydrogen-bond acceptors (Lipinski definition) is 4. The molecule has 9 heteroatoms. The number of carboxylic acids is 1. The van der Waals surface area contributed by atoms with Crippen LogP contribution in [0.15, 0.2) is 12.1 Å². The highest BCUT2D eigenvalue weighted by atomic mass is 35.5. The Labute approximate surface area is 128 Å². The van der Waals surface area contributed by atoms with Crippen molar-refractivity contribution in [3.05, 3.63) is 22.7 Å². The lowest BCUT2D eigenvalue weighted by atomic mass is 10.2. The van der Waals surface area contributed by atoms with E-state index in [1.54, 1.807) is 0 Å². The third-order valence-corrected chi connectivity index (χ3v) is 3.79. The van der Waals surface area contributed by atoms with Gasteiger partial charge in [0.25, 0.3) is 10.2 Å². The highest BCUT2D eigenvalue weighted by Gasteiger charge is 2.18. The van der Waals surface area contributed by atoms with Crippen LogP contribution in [0.4, 0.5) is 5.69 Å². The summed E-state index contributed by atoms with van der Waals surface area (Å²) >= 11 is 5.90. The minimum absolute atomic E-state index is 0.00783. The number of anilines is 1. The monoisotopic (exact) mass is 336 g/mol. The minimum atomic E-state index is -3.80. The molecule has 0 amide bonds. The largest absolute Gasteiger partial charge is 0.496 e. The van der Waals surface area contributed by atoms with Crippen LogP contribution in [-0.2, 0) is 10.2 Å². The fourth-order valence-corrected chi connectivity index (χ4v) is 2.78. The van der Waals surface area contributed by atoms with Gasteiger partial charge in [-0.3, -0.25) is 4.72 Å². The van der Waals surface area contributed by atoms with Gasteiger partial charge in [-0.2, -0.15) is 13.1 Å². The van der Waals surface area contributed by atoms with Crippen molar-refractivity contribution in [2.24, 2.45) is 5.92 Å². The molecule has 0 aliphatic heterocycles.